The van der Waals surface area contributed by atoms with Gasteiger partial charge in [0.2, 0.25) is 0 Å². The zero-order valence-electron chi connectivity index (χ0n) is 16.3. The largest absolute Gasteiger partial charge is 0.490 e. The van der Waals surface area contributed by atoms with Gasteiger partial charge in [-0.05, 0) is 49.2 Å². The third-order valence-electron chi connectivity index (χ3n) is 4.29. The molecule has 0 saturated heterocycles. The lowest BCUT2D eigenvalue weighted by atomic mass is 10.1. The van der Waals surface area contributed by atoms with Crippen LogP contribution in [0.1, 0.15) is 23.6 Å². The quantitative estimate of drug-likeness (QED) is 0.384. The van der Waals surface area contributed by atoms with Gasteiger partial charge in [-0.15, -0.1) is 0 Å². The highest BCUT2D eigenvalue weighted by atomic mass is 35.5. The number of halogens is 3. The fourth-order valence-electron chi connectivity index (χ4n) is 2.88. The van der Waals surface area contributed by atoms with Gasteiger partial charge in [-0.3, -0.25) is 0 Å². The van der Waals surface area contributed by atoms with Crippen LogP contribution in [0.2, 0.25) is 15.1 Å². The first-order chi connectivity index (χ1) is 14.0. The predicted octanol–water partition coefficient (Wildman–Crippen LogP) is 7.55. The first kappa shape index (κ1) is 21.6. The van der Waals surface area contributed by atoms with Crippen molar-refractivity contribution >= 4 is 40.5 Å². The molecule has 0 heterocycles. The van der Waals surface area contributed by atoms with Gasteiger partial charge in [0.05, 0.1) is 17.3 Å². The lowest BCUT2D eigenvalue weighted by Crippen LogP contribution is -2.04. The molecule has 0 saturated carbocycles. The van der Waals surface area contributed by atoms with Crippen LogP contribution in [-0.2, 0) is 13.2 Å². The summed E-state index contributed by atoms with van der Waals surface area (Å²) in [7, 11) is 0. The standard InChI is InChI=1S/C23H22Cl3NO2/c1-3-28-22-10-17(13-27-21-11-18(24)7-8-19(21)25)20(26)12-23(22)29-14-16-6-4-5-15(2)9-16/h4-12,27H,3,13-14H2,1-2H3. The minimum absolute atomic E-state index is 0.438. The Balaban J connectivity index is 1.77. The summed E-state index contributed by atoms with van der Waals surface area (Å²) in [4.78, 5) is 0. The molecule has 0 aliphatic carbocycles. The Hall–Kier alpha value is -2.07. The second kappa shape index (κ2) is 10.1. The zero-order chi connectivity index (χ0) is 20.8. The zero-order valence-corrected chi connectivity index (χ0v) is 18.5. The molecule has 3 aromatic carbocycles. The van der Waals surface area contributed by atoms with Crippen molar-refractivity contribution in [2.45, 2.75) is 27.0 Å². The summed E-state index contributed by atoms with van der Waals surface area (Å²) in [5, 5.41) is 5.05. The molecule has 0 aliphatic rings. The average Bonchev–Trinajstić information content (AvgIpc) is 2.69. The molecule has 6 heteroatoms. The second-order valence-electron chi connectivity index (χ2n) is 6.58. The summed E-state index contributed by atoms with van der Waals surface area (Å²) in [6.45, 7) is 5.42. The molecule has 29 heavy (non-hydrogen) atoms. The fourth-order valence-corrected chi connectivity index (χ4v) is 3.46. The molecule has 0 bridgehead atoms. The van der Waals surface area contributed by atoms with Crippen LogP contribution in [0.15, 0.2) is 54.6 Å². The van der Waals surface area contributed by atoms with E-state index in [1.165, 1.54) is 5.56 Å². The highest BCUT2D eigenvalue weighted by Gasteiger charge is 2.12. The van der Waals surface area contributed by atoms with Crippen LogP contribution < -0.4 is 14.8 Å². The third-order valence-corrected chi connectivity index (χ3v) is 5.20. The van der Waals surface area contributed by atoms with Gasteiger partial charge in [0.25, 0.3) is 0 Å². The smallest absolute Gasteiger partial charge is 0.163 e. The Labute approximate surface area is 186 Å². The SMILES string of the molecule is CCOc1cc(CNc2cc(Cl)ccc2Cl)c(Cl)cc1OCc1cccc(C)c1. The topological polar surface area (TPSA) is 30.5 Å². The highest BCUT2D eigenvalue weighted by Crippen LogP contribution is 2.35. The van der Waals surface area contributed by atoms with E-state index < -0.39 is 0 Å². The lowest BCUT2D eigenvalue weighted by molar-refractivity contribution is 0.269. The van der Waals surface area contributed by atoms with E-state index in [0.717, 1.165) is 16.8 Å². The first-order valence-electron chi connectivity index (χ1n) is 9.28. The maximum Gasteiger partial charge on any atom is 0.163 e. The van der Waals surface area contributed by atoms with E-state index in [0.29, 0.717) is 46.3 Å². The van der Waals surface area contributed by atoms with Crippen molar-refractivity contribution in [1.82, 2.24) is 0 Å². The first-order valence-corrected chi connectivity index (χ1v) is 10.4. The summed E-state index contributed by atoms with van der Waals surface area (Å²) in [5.41, 5.74) is 3.89. The molecule has 0 atom stereocenters. The molecule has 3 aromatic rings. The van der Waals surface area contributed by atoms with Crippen LogP contribution in [0.5, 0.6) is 11.5 Å². The molecule has 0 spiro atoms. The van der Waals surface area contributed by atoms with Crippen LogP contribution in [0.25, 0.3) is 0 Å². The van der Waals surface area contributed by atoms with Crippen LogP contribution >= 0.6 is 34.8 Å². The van der Waals surface area contributed by atoms with E-state index in [-0.39, 0.29) is 0 Å². The Morgan fingerprint density at radius 2 is 1.66 bits per heavy atom. The van der Waals surface area contributed by atoms with Gasteiger partial charge in [0.15, 0.2) is 11.5 Å². The van der Waals surface area contributed by atoms with Crippen molar-refractivity contribution in [3.63, 3.8) is 0 Å². The molecule has 0 radical (unpaired) electrons. The predicted molar refractivity (Wildman–Crippen MR) is 122 cm³/mol. The Kier molecular flexibility index (Phi) is 7.54. The van der Waals surface area contributed by atoms with Gasteiger partial charge in [-0.1, -0.05) is 64.6 Å². The van der Waals surface area contributed by atoms with E-state index >= 15 is 0 Å². The van der Waals surface area contributed by atoms with Crippen molar-refractivity contribution in [3.8, 4) is 11.5 Å². The van der Waals surface area contributed by atoms with E-state index in [1.54, 1.807) is 24.3 Å². The van der Waals surface area contributed by atoms with Crippen LogP contribution in [0.4, 0.5) is 5.69 Å². The lowest BCUT2D eigenvalue weighted by Gasteiger charge is -2.16. The Morgan fingerprint density at radius 1 is 0.862 bits per heavy atom. The summed E-state index contributed by atoms with van der Waals surface area (Å²) in [6, 6.07) is 17.1. The average molecular weight is 451 g/mol. The van der Waals surface area contributed by atoms with Crippen molar-refractivity contribution in [2.24, 2.45) is 0 Å². The van der Waals surface area contributed by atoms with Crippen molar-refractivity contribution in [2.75, 3.05) is 11.9 Å². The number of benzene rings is 3. The fraction of sp³-hybridized carbons (Fsp3) is 0.217. The highest BCUT2D eigenvalue weighted by molar-refractivity contribution is 6.35. The second-order valence-corrected chi connectivity index (χ2v) is 7.83. The van der Waals surface area contributed by atoms with Gasteiger partial charge in [-0.25, -0.2) is 0 Å². The number of hydrogen-bond donors (Lipinski definition) is 1. The van der Waals surface area contributed by atoms with Crippen LogP contribution in [0.3, 0.4) is 0 Å². The van der Waals surface area contributed by atoms with E-state index in [2.05, 4.69) is 24.4 Å². The maximum absolute atomic E-state index is 6.51. The summed E-state index contributed by atoms with van der Waals surface area (Å²) < 4.78 is 11.8. The van der Waals surface area contributed by atoms with Gasteiger partial charge in [0.1, 0.15) is 6.61 Å². The van der Waals surface area contributed by atoms with Crippen molar-refractivity contribution < 1.29 is 9.47 Å². The minimum Gasteiger partial charge on any atom is -0.490 e. The van der Waals surface area contributed by atoms with Gasteiger partial charge in [-0.2, -0.15) is 0 Å². The molecule has 0 unspecified atom stereocenters. The summed E-state index contributed by atoms with van der Waals surface area (Å²) in [5.74, 6) is 1.27. The molecule has 0 amide bonds. The normalized spacial score (nSPS) is 10.7. The summed E-state index contributed by atoms with van der Waals surface area (Å²) >= 11 is 18.8. The van der Waals surface area contributed by atoms with Crippen molar-refractivity contribution in [3.05, 3.63) is 86.4 Å². The molecule has 1 N–H and O–H groups in total. The van der Waals surface area contributed by atoms with E-state index in [1.807, 2.05) is 25.1 Å². The number of ether oxygens (including phenoxy) is 2. The Bertz CT molecular complexity index is 992. The third kappa shape index (κ3) is 5.96. The number of hydrogen-bond acceptors (Lipinski definition) is 3. The number of nitrogens with one attached hydrogen (secondary N) is 1. The van der Waals surface area contributed by atoms with Gasteiger partial charge >= 0.3 is 0 Å². The molecule has 0 aromatic heterocycles. The van der Waals surface area contributed by atoms with E-state index in [4.69, 9.17) is 44.3 Å². The van der Waals surface area contributed by atoms with E-state index in [9.17, 15) is 0 Å². The molecule has 3 rings (SSSR count). The molecule has 0 fully saturated rings. The van der Waals surface area contributed by atoms with Gasteiger partial charge in [0, 0.05) is 22.7 Å². The number of anilines is 1. The van der Waals surface area contributed by atoms with Gasteiger partial charge < -0.3 is 14.8 Å². The molecular weight excluding hydrogens is 429 g/mol. The number of rotatable bonds is 8. The molecule has 152 valence electrons. The monoisotopic (exact) mass is 449 g/mol. The maximum atomic E-state index is 6.51. The van der Waals surface area contributed by atoms with Crippen LogP contribution in [0, 0.1) is 6.92 Å². The molecular formula is C23H22Cl3NO2. The molecule has 3 nitrogen and oxygen atoms in total. The minimum atomic E-state index is 0.438. The Morgan fingerprint density at radius 3 is 2.41 bits per heavy atom. The number of aryl methyl sites for hydroxylation is 1. The van der Waals surface area contributed by atoms with Crippen molar-refractivity contribution in [1.29, 1.82) is 0 Å². The summed E-state index contributed by atoms with van der Waals surface area (Å²) in [6.07, 6.45) is 0. The van der Waals surface area contributed by atoms with Crippen LogP contribution in [-0.4, -0.2) is 6.61 Å². The molecule has 0 aliphatic heterocycles.